The number of hydrogen-bond acceptors (Lipinski definition) is 4. The molecule has 4 nitrogen and oxygen atoms in total. The number of alkyl halides is 2. The minimum absolute atomic E-state index is 0.00429. The average Bonchev–Trinajstić information content (AvgIpc) is 2.42. The molecule has 1 aliphatic rings. The van der Waals surface area contributed by atoms with E-state index in [0.717, 1.165) is 4.47 Å². The highest BCUT2D eigenvalue weighted by Crippen LogP contribution is 2.24. The molecule has 0 radical (unpaired) electrons. The van der Waals surface area contributed by atoms with Crippen LogP contribution in [-0.2, 0) is 16.0 Å². The minimum atomic E-state index is -2.83. The van der Waals surface area contributed by atoms with Gasteiger partial charge >= 0.3 is 6.61 Å². The Bertz CT molecular complexity index is 428. The maximum absolute atomic E-state index is 12.3. The van der Waals surface area contributed by atoms with E-state index in [4.69, 9.17) is 9.47 Å². The molecular weight excluding hydrogens is 336 g/mol. The average molecular weight is 352 g/mol. The molecule has 1 fully saturated rings. The maximum Gasteiger partial charge on any atom is 0.387 e. The molecule has 0 aromatic heterocycles. The molecule has 1 aliphatic heterocycles. The van der Waals surface area contributed by atoms with Crippen LogP contribution in [0.3, 0.4) is 0 Å². The van der Waals surface area contributed by atoms with Crippen LogP contribution in [0.4, 0.5) is 8.78 Å². The van der Waals surface area contributed by atoms with Gasteiger partial charge in [-0.2, -0.15) is 8.78 Å². The third-order valence-corrected chi connectivity index (χ3v) is 3.30. The van der Waals surface area contributed by atoms with Crippen molar-refractivity contribution in [2.75, 3.05) is 26.4 Å². The zero-order chi connectivity index (χ0) is 14.4. The Morgan fingerprint density at radius 3 is 2.95 bits per heavy atom. The van der Waals surface area contributed by atoms with Gasteiger partial charge < -0.3 is 19.5 Å². The largest absolute Gasteiger partial charge is 0.434 e. The second-order valence-corrected chi connectivity index (χ2v) is 5.24. The van der Waals surface area contributed by atoms with Crippen LogP contribution in [0.25, 0.3) is 0 Å². The zero-order valence-electron chi connectivity index (χ0n) is 10.8. The highest BCUT2D eigenvalue weighted by atomic mass is 79.9. The van der Waals surface area contributed by atoms with Gasteiger partial charge in [0.15, 0.2) is 0 Å². The van der Waals surface area contributed by atoms with Gasteiger partial charge in [-0.15, -0.1) is 0 Å². The molecule has 1 atom stereocenters. The Morgan fingerprint density at radius 2 is 2.25 bits per heavy atom. The smallest absolute Gasteiger partial charge is 0.387 e. The van der Waals surface area contributed by atoms with E-state index in [1.807, 2.05) is 0 Å². The number of halogens is 3. The fourth-order valence-electron chi connectivity index (χ4n) is 1.92. The molecule has 1 aromatic rings. The van der Waals surface area contributed by atoms with Crippen molar-refractivity contribution in [1.29, 1.82) is 0 Å². The molecule has 1 saturated heterocycles. The highest BCUT2D eigenvalue weighted by molar-refractivity contribution is 9.10. The van der Waals surface area contributed by atoms with Crippen LogP contribution in [0.2, 0.25) is 0 Å². The molecule has 0 bridgehead atoms. The van der Waals surface area contributed by atoms with Crippen LogP contribution in [0.15, 0.2) is 22.7 Å². The van der Waals surface area contributed by atoms with Crippen LogP contribution in [0.5, 0.6) is 5.75 Å². The molecular formula is C13H16BrF2NO3. The van der Waals surface area contributed by atoms with Gasteiger partial charge in [-0.25, -0.2) is 0 Å². The van der Waals surface area contributed by atoms with Crippen LogP contribution in [0.1, 0.15) is 5.56 Å². The third kappa shape index (κ3) is 4.97. The summed E-state index contributed by atoms with van der Waals surface area (Å²) in [6, 6.07) is 4.94. The standard InChI is InChI=1S/C13H16BrF2NO3/c14-10-1-2-12(20-13(15)16)9(5-10)6-17-7-11-8-18-3-4-19-11/h1-2,5,11,13,17H,3-4,6-8H2. The van der Waals surface area contributed by atoms with E-state index in [9.17, 15) is 8.78 Å². The summed E-state index contributed by atoms with van der Waals surface area (Å²) in [7, 11) is 0. The lowest BCUT2D eigenvalue weighted by molar-refractivity contribution is -0.0865. The van der Waals surface area contributed by atoms with Crippen molar-refractivity contribution in [1.82, 2.24) is 5.32 Å². The molecule has 112 valence electrons. The van der Waals surface area contributed by atoms with Gasteiger partial charge in [0, 0.05) is 23.1 Å². The summed E-state index contributed by atoms with van der Waals surface area (Å²) in [5.41, 5.74) is 0.663. The quantitative estimate of drug-likeness (QED) is 0.854. The van der Waals surface area contributed by atoms with Crippen molar-refractivity contribution in [3.8, 4) is 5.75 Å². The van der Waals surface area contributed by atoms with Gasteiger partial charge in [0.1, 0.15) is 5.75 Å². The van der Waals surface area contributed by atoms with Gasteiger partial charge in [0.25, 0.3) is 0 Å². The Balaban J connectivity index is 1.88. The first-order chi connectivity index (χ1) is 9.65. The molecule has 1 aromatic carbocycles. The van der Waals surface area contributed by atoms with E-state index in [0.29, 0.717) is 38.5 Å². The summed E-state index contributed by atoms with van der Waals surface area (Å²) in [4.78, 5) is 0. The summed E-state index contributed by atoms with van der Waals surface area (Å²) in [6.45, 7) is -0.0595. The molecule has 0 aliphatic carbocycles. The highest BCUT2D eigenvalue weighted by Gasteiger charge is 2.15. The summed E-state index contributed by atoms with van der Waals surface area (Å²) < 4.78 is 40.7. The molecule has 0 spiro atoms. The summed E-state index contributed by atoms with van der Waals surface area (Å²) in [6.07, 6.45) is -0.00429. The van der Waals surface area contributed by atoms with E-state index in [1.54, 1.807) is 12.1 Å². The molecule has 1 unspecified atom stereocenters. The Kier molecular flexibility index (Phi) is 6.15. The molecule has 2 rings (SSSR count). The van der Waals surface area contributed by atoms with Crippen molar-refractivity contribution in [3.63, 3.8) is 0 Å². The summed E-state index contributed by atoms with van der Waals surface area (Å²) in [5, 5.41) is 3.16. The van der Waals surface area contributed by atoms with Crippen LogP contribution in [-0.4, -0.2) is 39.1 Å². The lowest BCUT2D eigenvalue weighted by Gasteiger charge is -2.23. The van der Waals surface area contributed by atoms with Crippen molar-refractivity contribution >= 4 is 15.9 Å². The lowest BCUT2D eigenvalue weighted by Crippen LogP contribution is -2.37. The second kappa shape index (κ2) is 7.87. The van der Waals surface area contributed by atoms with Gasteiger partial charge in [0.05, 0.1) is 25.9 Å². The fraction of sp³-hybridized carbons (Fsp3) is 0.538. The van der Waals surface area contributed by atoms with Crippen LogP contribution >= 0.6 is 15.9 Å². The Morgan fingerprint density at radius 1 is 1.40 bits per heavy atom. The van der Waals surface area contributed by atoms with Crippen molar-refractivity contribution < 1.29 is 23.0 Å². The predicted molar refractivity (Wildman–Crippen MR) is 73.0 cm³/mol. The number of benzene rings is 1. The predicted octanol–water partition coefficient (Wildman–Crippen LogP) is 2.56. The Hall–Kier alpha value is -0.760. The summed E-state index contributed by atoms with van der Waals surface area (Å²) >= 11 is 3.32. The molecule has 0 saturated carbocycles. The third-order valence-electron chi connectivity index (χ3n) is 2.81. The van der Waals surface area contributed by atoms with Crippen LogP contribution in [0, 0.1) is 0 Å². The first-order valence-electron chi connectivity index (χ1n) is 6.28. The number of nitrogens with one attached hydrogen (secondary N) is 1. The molecule has 1 N–H and O–H groups in total. The molecule has 20 heavy (non-hydrogen) atoms. The van der Waals surface area contributed by atoms with Gasteiger partial charge in [-0.05, 0) is 18.2 Å². The fourth-order valence-corrected chi connectivity index (χ4v) is 2.33. The number of rotatable bonds is 6. The molecule has 1 heterocycles. The van der Waals surface area contributed by atoms with E-state index < -0.39 is 6.61 Å². The monoisotopic (exact) mass is 351 g/mol. The molecule has 7 heteroatoms. The SMILES string of the molecule is FC(F)Oc1ccc(Br)cc1CNCC1COCCO1. The Labute approximate surface area is 124 Å². The van der Waals surface area contributed by atoms with Crippen molar-refractivity contribution in [2.45, 2.75) is 19.3 Å². The van der Waals surface area contributed by atoms with E-state index >= 15 is 0 Å². The topological polar surface area (TPSA) is 39.7 Å². The van der Waals surface area contributed by atoms with Gasteiger partial charge in [0.2, 0.25) is 0 Å². The first-order valence-corrected chi connectivity index (χ1v) is 7.08. The van der Waals surface area contributed by atoms with E-state index in [2.05, 4.69) is 26.0 Å². The minimum Gasteiger partial charge on any atom is -0.434 e. The summed E-state index contributed by atoms with van der Waals surface area (Å²) in [5.74, 6) is 0.177. The van der Waals surface area contributed by atoms with Gasteiger partial charge in [-0.1, -0.05) is 15.9 Å². The maximum atomic E-state index is 12.3. The molecule has 0 amide bonds. The van der Waals surface area contributed by atoms with Crippen LogP contribution < -0.4 is 10.1 Å². The zero-order valence-corrected chi connectivity index (χ0v) is 12.4. The van der Waals surface area contributed by atoms with E-state index in [-0.39, 0.29) is 11.9 Å². The first kappa shape index (κ1) is 15.6. The van der Waals surface area contributed by atoms with Crippen molar-refractivity contribution in [2.24, 2.45) is 0 Å². The second-order valence-electron chi connectivity index (χ2n) is 4.33. The van der Waals surface area contributed by atoms with E-state index in [1.165, 1.54) is 6.07 Å². The van der Waals surface area contributed by atoms with Crippen molar-refractivity contribution in [3.05, 3.63) is 28.2 Å². The van der Waals surface area contributed by atoms with Gasteiger partial charge in [-0.3, -0.25) is 0 Å². The number of ether oxygens (including phenoxy) is 3. The number of hydrogen-bond donors (Lipinski definition) is 1. The normalized spacial score (nSPS) is 19.3. The lowest BCUT2D eigenvalue weighted by atomic mass is 10.2.